The first-order valence-electron chi connectivity index (χ1n) is 7.89. The summed E-state index contributed by atoms with van der Waals surface area (Å²) in [5.41, 5.74) is 5.93. The maximum atomic E-state index is 5.93. The van der Waals surface area contributed by atoms with Gasteiger partial charge in [-0.25, -0.2) is 0 Å². The zero-order valence-corrected chi connectivity index (χ0v) is 13.8. The van der Waals surface area contributed by atoms with Gasteiger partial charge in [0.1, 0.15) is 5.76 Å². The Labute approximate surface area is 128 Å². The summed E-state index contributed by atoms with van der Waals surface area (Å²) in [6, 6.07) is 4.06. The molecule has 0 bridgehead atoms. The van der Waals surface area contributed by atoms with Crippen molar-refractivity contribution >= 4 is 5.96 Å². The van der Waals surface area contributed by atoms with Crippen LogP contribution in [0.3, 0.4) is 0 Å². The van der Waals surface area contributed by atoms with Crippen LogP contribution in [0.15, 0.2) is 27.8 Å². The molecular formula is C16H30N4O. The van der Waals surface area contributed by atoms with Gasteiger partial charge in [-0.05, 0) is 37.6 Å². The molecule has 1 rings (SSSR count). The average Bonchev–Trinajstić information content (AvgIpc) is 2.96. The van der Waals surface area contributed by atoms with Gasteiger partial charge in [-0.2, -0.15) is 0 Å². The van der Waals surface area contributed by atoms with E-state index in [9.17, 15) is 0 Å². The van der Waals surface area contributed by atoms with Gasteiger partial charge in [-0.3, -0.25) is 9.89 Å². The molecule has 0 fully saturated rings. The molecule has 0 aliphatic carbocycles. The van der Waals surface area contributed by atoms with E-state index in [-0.39, 0.29) is 6.04 Å². The third kappa shape index (κ3) is 6.21. The second-order valence-corrected chi connectivity index (χ2v) is 5.59. The SMILES string of the molecule is CCN(CC)C(CN=C(N)NCCC(C)C)c1ccco1. The lowest BCUT2D eigenvalue weighted by Gasteiger charge is -2.26. The molecule has 0 aliphatic heterocycles. The molecule has 3 N–H and O–H groups in total. The van der Waals surface area contributed by atoms with Crippen LogP contribution in [-0.2, 0) is 0 Å². The summed E-state index contributed by atoms with van der Waals surface area (Å²) < 4.78 is 5.55. The van der Waals surface area contributed by atoms with E-state index in [0.29, 0.717) is 18.4 Å². The predicted octanol–water partition coefficient (Wildman–Crippen LogP) is 2.61. The monoisotopic (exact) mass is 294 g/mol. The second kappa shape index (κ2) is 9.45. The first-order valence-corrected chi connectivity index (χ1v) is 7.89. The maximum absolute atomic E-state index is 5.93. The van der Waals surface area contributed by atoms with Crippen LogP contribution in [0, 0.1) is 5.92 Å². The van der Waals surface area contributed by atoms with Gasteiger partial charge in [-0.1, -0.05) is 27.7 Å². The molecule has 0 aliphatic rings. The topological polar surface area (TPSA) is 66.8 Å². The van der Waals surface area contributed by atoms with E-state index in [0.717, 1.165) is 31.8 Å². The zero-order valence-electron chi connectivity index (χ0n) is 13.8. The van der Waals surface area contributed by atoms with Crippen molar-refractivity contribution in [2.24, 2.45) is 16.6 Å². The summed E-state index contributed by atoms with van der Waals surface area (Å²) in [6.45, 7) is 12.1. The molecule has 0 aromatic carbocycles. The van der Waals surface area contributed by atoms with Gasteiger partial charge >= 0.3 is 0 Å². The first kappa shape index (κ1) is 17.6. The number of hydrogen-bond acceptors (Lipinski definition) is 3. The number of guanidine groups is 1. The van der Waals surface area contributed by atoms with Crippen molar-refractivity contribution in [2.75, 3.05) is 26.2 Å². The highest BCUT2D eigenvalue weighted by atomic mass is 16.3. The van der Waals surface area contributed by atoms with Crippen LogP contribution in [0.2, 0.25) is 0 Å². The Morgan fingerprint density at radius 3 is 2.62 bits per heavy atom. The van der Waals surface area contributed by atoms with Crippen LogP contribution in [0.25, 0.3) is 0 Å². The normalized spacial score (nSPS) is 13.9. The van der Waals surface area contributed by atoms with E-state index in [2.05, 4.69) is 42.9 Å². The fourth-order valence-electron chi connectivity index (χ4n) is 2.26. The Morgan fingerprint density at radius 1 is 1.38 bits per heavy atom. The van der Waals surface area contributed by atoms with Crippen LogP contribution in [0.5, 0.6) is 0 Å². The molecule has 21 heavy (non-hydrogen) atoms. The maximum Gasteiger partial charge on any atom is 0.188 e. The number of furan rings is 1. The minimum Gasteiger partial charge on any atom is -0.468 e. The van der Waals surface area contributed by atoms with Crippen LogP contribution in [0.1, 0.15) is 45.9 Å². The third-order valence-corrected chi connectivity index (χ3v) is 3.59. The van der Waals surface area contributed by atoms with E-state index in [4.69, 9.17) is 10.2 Å². The molecule has 5 heteroatoms. The molecule has 1 heterocycles. The predicted molar refractivity (Wildman–Crippen MR) is 88.3 cm³/mol. The van der Waals surface area contributed by atoms with E-state index in [1.165, 1.54) is 0 Å². The molecule has 1 aromatic heterocycles. The summed E-state index contributed by atoms with van der Waals surface area (Å²) >= 11 is 0. The quantitative estimate of drug-likeness (QED) is 0.543. The highest BCUT2D eigenvalue weighted by Gasteiger charge is 2.20. The summed E-state index contributed by atoms with van der Waals surface area (Å²) in [7, 11) is 0. The van der Waals surface area contributed by atoms with Crippen LogP contribution < -0.4 is 11.1 Å². The molecule has 120 valence electrons. The minimum atomic E-state index is 0.139. The minimum absolute atomic E-state index is 0.139. The molecule has 5 nitrogen and oxygen atoms in total. The molecule has 1 atom stereocenters. The van der Waals surface area contributed by atoms with Gasteiger partial charge in [0.15, 0.2) is 5.96 Å². The van der Waals surface area contributed by atoms with Gasteiger partial charge in [-0.15, -0.1) is 0 Å². The third-order valence-electron chi connectivity index (χ3n) is 3.59. The van der Waals surface area contributed by atoms with Gasteiger partial charge in [0.05, 0.1) is 18.8 Å². The lowest BCUT2D eigenvalue weighted by Crippen LogP contribution is -2.35. The van der Waals surface area contributed by atoms with Gasteiger partial charge in [0.25, 0.3) is 0 Å². The number of nitrogens with one attached hydrogen (secondary N) is 1. The average molecular weight is 294 g/mol. The van der Waals surface area contributed by atoms with Crippen molar-refractivity contribution in [3.63, 3.8) is 0 Å². The van der Waals surface area contributed by atoms with Crippen molar-refractivity contribution in [1.29, 1.82) is 0 Å². The van der Waals surface area contributed by atoms with E-state index in [1.54, 1.807) is 6.26 Å². The Balaban J connectivity index is 2.60. The zero-order chi connectivity index (χ0) is 15.7. The Hall–Kier alpha value is -1.49. The highest BCUT2D eigenvalue weighted by Crippen LogP contribution is 2.21. The summed E-state index contributed by atoms with van der Waals surface area (Å²) in [5, 5.41) is 3.17. The largest absolute Gasteiger partial charge is 0.468 e. The molecular weight excluding hydrogens is 264 g/mol. The Bertz CT molecular complexity index is 396. The molecule has 0 saturated heterocycles. The number of aliphatic imine (C=N–C) groups is 1. The van der Waals surface area contributed by atoms with E-state index < -0.39 is 0 Å². The highest BCUT2D eigenvalue weighted by molar-refractivity contribution is 5.77. The molecule has 0 amide bonds. The van der Waals surface area contributed by atoms with E-state index in [1.807, 2.05) is 12.1 Å². The fourth-order valence-corrected chi connectivity index (χ4v) is 2.26. The van der Waals surface area contributed by atoms with Crippen LogP contribution >= 0.6 is 0 Å². The molecule has 1 aromatic rings. The number of nitrogens with zero attached hydrogens (tertiary/aromatic N) is 2. The summed E-state index contributed by atoms with van der Waals surface area (Å²) in [4.78, 5) is 6.80. The van der Waals surface area contributed by atoms with Crippen molar-refractivity contribution in [2.45, 2.75) is 40.2 Å². The van der Waals surface area contributed by atoms with Crippen molar-refractivity contribution < 1.29 is 4.42 Å². The van der Waals surface area contributed by atoms with Crippen molar-refractivity contribution in [3.05, 3.63) is 24.2 Å². The lowest BCUT2D eigenvalue weighted by atomic mass is 10.1. The van der Waals surface area contributed by atoms with Crippen LogP contribution in [0.4, 0.5) is 0 Å². The Kier molecular flexibility index (Phi) is 7.90. The molecule has 0 radical (unpaired) electrons. The van der Waals surface area contributed by atoms with Gasteiger partial charge in [0, 0.05) is 6.54 Å². The molecule has 0 saturated carbocycles. The summed E-state index contributed by atoms with van der Waals surface area (Å²) in [6.07, 6.45) is 2.80. The smallest absolute Gasteiger partial charge is 0.188 e. The lowest BCUT2D eigenvalue weighted by molar-refractivity contribution is 0.198. The number of hydrogen-bond donors (Lipinski definition) is 2. The van der Waals surface area contributed by atoms with Crippen LogP contribution in [-0.4, -0.2) is 37.0 Å². The standard InChI is InChI=1S/C16H30N4O/c1-5-20(6-2)14(15-8-7-11-21-15)12-19-16(17)18-10-9-13(3)4/h7-8,11,13-14H,5-6,9-10,12H2,1-4H3,(H3,17,18,19). The number of likely N-dealkylation sites (N-methyl/N-ethyl adjacent to an activating group) is 1. The fraction of sp³-hybridized carbons (Fsp3) is 0.688. The number of rotatable bonds is 9. The Morgan fingerprint density at radius 2 is 2.10 bits per heavy atom. The first-order chi connectivity index (χ1) is 10.1. The number of nitrogens with two attached hydrogens (primary N) is 1. The second-order valence-electron chi connectivity index (χ2n) is 5.59. The molecule has 1 unspecified atom stereocenters. The van der Waals surface area contributed by atoms with E-state index >= 15 is 0 Å². The van der Waals surface area contributed by atoms with Crippen molar-refractivity contribution in [1.82, 2.24) is 10.2 Å². The van der Waals surface area contributed by atoms with Gasteiger partial charge < -0.3 is 15.5 Å². The summed E-state index contributed by atoms with van der Waals surface area (Å²) in [5.74, 6) is 2.12. The van der Waals surface area contributed by atoms with Gasteiger partial charge in [0.2, 0.25) is 0 Å². The molecule has 0 spiro atoms. The van der Waals surface area contributed by atoms with Crippen molar-refractivity contribution in [3.8, 4) is 0 Å².